The highest BCUT2D eigenvalue weighted by Crippen LogP contribution is 2.57. The molecule has 1 aromatic heterocycles. The van der Waals surface area contributed by atoms with E-state index in [0.717, 1.165) is 29.2 Å². The Balaban J connectivity index is 1.64. The van der Waals surface area contributed by atoms with Gasteiger partial charge in [0.15, 0.2) is 11.5 Å². The van der Waals surface area contributed by atoms with Crippen LogP contribution in [0.5, 0.6) is 0 Å². The second kappa shape index (κ2) is 5.28. The molecule has 3 unspecified atom stereocenters. The fraction of sp³-hybridized carbons (Fsp3) is 0.318. The van der Waals surface area contributed by atoms with Crippen LogP contribution in [0.2, 0.25) is 0 Å². The molecule has 2 bridgehead atoms. The standard InChI is InChI=1S/C22H20N4O/c27-21-19(15-6-2-1-3-7-15)25-26-20(23-21)17-8-4-5-9-18(17)24-22(26)13-14-10-11-16(22)12-14/h1-9,14,16,24H,10-13H2. The van der Waals surface area contributed by atoms with Gasteiger partial charge in [0.05, 0.1) is 0 Å². The Morgan fingerprint density at radius 2 is 1.85 bits per heavy atom. The summed E-state index contributed by atoms with van der Waals surface area (Å²) in [5.74, 6) is 1.94. The molecule has 3 aromatic rings. The Labute approximate surface area is 157 Å². The third-order valence-electron chi connectivity index (χ3n) is 6.57. The number of benzene rings is 2. The molecule has 0 amide bonds. The molecule has 3 aliphatic rings. The van der Waals surface area contributed by atoms with Crippen LogP contribution in [0.4, 0.5) is 5.69 Å². The second-order valence-corrected chi connectivity index (χ2v) is 8.04. The molecule has 6 rings (SSSR count). The maximum atomic E-state index is 12.9. The topological polar surface area (TPSA) is 59.8 Å². The van der Waals surface area contributed by atoms with E-state index in [1.807, 2.05) is 53.2 Å². The molecule has 2 fully saturated rings. The van der Waals surface area contributed by atoms with Crippen LogP contribution in [0.25, 0.3) is 22.6 Å². The largest absolute Gasteiger partial charge is 0.360 e. The number of anilines is 1. The molecule has 2 aromatic carbocycles. The SMILES string of the molecule is O=c1nc2n(nc1-c1ccccc1)C1(CC3CCC1C3)Nc1ccccc1-2. The fourth-order valence-corrected chi connectivity index (χ4v) is 5.40. The number of fused-ring (bicyclic) bond motifs is 7. The van der Waals surface area contributed by atoms with Gasteiger partial charge in [0.2, 0.25) is 0 Å². The lowest BCUT2D eigenvalue weighted by atomic mass is 9.86. The van der Waals surface area contributed by atoms with Gasteiger partial charge in [-0.15, -0.1) is 0 Å². The van der Waals surface area contributed by atoms with Crippen molar-refractivity contribution < 1.29 is 0 Å². The number of aromatic nitrogens is 3. The number of rotatable bonds is 1. The average Bonchev–Trinajstić information content (AvgIpc) is 3.30. The third-order valence-corrected chi connectivity index (χ3v) is 6.57. The molecule has 1 spiro atoms. The number of hydrogen-bond acceptors (Lipinski definition) is 4. The molecule has 27 heavy (non-hydrogen) atoms. The van der Waals surface area contributed by atoms with Crippen molar-refractivity contribution in [3.8, 4) is 22.6 Å². The van der Waals surface area contributed by atoms with Crippen molar-refractivity contribution in [3.63, 3.8) is 0 Å². The maximum absolute atomic E-state index is 12.9. The molecule has 1 N–H and O–H groups in total. The van der Waals surface area contributed by atoms with E-state index in [1.54, 1.807) is 0 Å². The average molecular weight is 356 g/mol. The summed E-state index contributed by atoms with van der Waals surface area (Å²) in [5, 5.41) is 8.73. The second-order valence-electron chi connectivity index (χ2n) is 8.04. The summed E-state index contributed by atoms with van der Waals surface area (Å²) in [6.45, 7) is 0. The monoisotopic (exact) mass is 356 g/mol. The predicted octanol–water partition coefficient (Wildman–Crippen LogP) is 3.87. The van der Waals surface area contributed by atoms with Gasteiger partial charge in [-0.3, -0.25) is 4.79 Å². The van der Waals surface area contributed by atoms with Gasteiger partial charge in [0.25, 0.3) is 5.56 Å². The number of hydrogen-bond donors (Lipinski definition) is 1. The highest BCUT2D eigenvalue weighted by atomic mass is 16.1. The van der Waals surface area contributed by atoms with Crippen LogP contribution in [-0.4, -0.2) is 14.8 Å². The van der Waals surface area contributed by atoms with Gasteiger partial charge in [-0.2, -0.15) is 10.1 Å². The van der Waals surface area contributed by atoms with Gasteiger partial charge >= 0.3 is 0 Å². The van der Waals surface area contributed by atoms with Crippen LogP contribution >= 0.6 is 0 Å². The molecule has 5 heteroatoms. The molecular formula is C22H20N4O. The molecule has 1 aliphatic heterocycles. The summed E-state index contributed by atoms with van der Waals surface area (Å²) in [5.41, 5.74) is 2.74. The first-order valence-corrected chi connectivity index (χ1v) is 9.69. The van der Waals surface area contributed by atoms with Crippen LogP contribution < -0.4 is 10.9 Å². The number of para-hydroxylation sites is 1. The van der Waals surface area contributed by atoms with E-state index in [4.69, 9.17) is 5.10 Å². The molecule has 2 heterocycles. The highest BCUT2D eigenvalue weighted by Gasteiger charge is 2.55. The van der Waals surface area contributed by atoms with Gasteiger partial charge in [0.1, 0.15) is 5.66 Å². The summed E-state index contributed by atoms with van der Waals surface area (Å²) in [7, 11) is 0. The van der Waals surface area contributed by atoms with E-state index in [2.05, 4.69) is 16.4 Å². The Kier molecular flexibility index (Phi) is 2.96. The van der Waals surface area contributed by atoms with E-state index in [-0.39, 0.29) is 11.2 Å². The zero-order valence-corrected chi connectivity index (χ0v) is 14.9. The Hall–Kier alpha value is -2.95. The molecule has 2 aliphatic carbocycles. The lowest BCUT2D eigenvalue weighted by molar-refractivity contribution is 0.180. The summed E-state index contributed by atoms with van der Waals surface area (Å²) in [4.78, 5) is 17.4. The minimum absolute atomic E-state index is 0.262. The smallest absolute Gasteiger partial charge is 0.300 e. The maximum Gasteiger partial charge on any atom is 0.300 e. The van der Waals surface area contributed by atoms with Gasteiger partial charge < -0.3 is 5.32 Å². The number of nitrogens with one attached hydrogen (secondary N) is 1. The van der Waals surface area contributed by atoms with Crippen LogP contribution in [0.15, 0.2) is 59.4 Å². The molecule has 3 atom stereocenters. The van der Waals surface area contributed by atoms with E-state index in [1.165, 1.54) is 19.3 Å². The van der Waals surface area contributed by atoms with Crippen LogP contribution in [-0.2, 0) is 5.66 Å². The molecule has 5 nitrogen and oxygen atoms in total. The molecule has 0 radical (unpaired) electrons. The van der Waals surface area contributed by atoms with E-state index in [9.17, 15) is 4.79 Å². The third kappa shape index (κ3) is 2.02. The van der Waals surface area contributed by atoms with Crippen molar-refractivity contribution in [3.05, 3.63) is 65.0 Å². The Bertz CT molecular complexity index is 1110. The number of nitrogens with zero attached hydrogens (tertiary/aromatic N) is 3. The van der Waals surface area contributed by atoms with Crippen molar-refractivity contribution in [2.24, 2.45) is 11.8 Å². The summed E-state index contributed by atoms with van der Waals surface area (Å²) < 4.78 is 2.04. The van der Waals surface area contributed by atoms with Crippen molar-refractivity contribution in [1.29, 1.82) is 0 Å². The van der Waals surface area contributed by atoms with E-state index < -0.39 is 0 Å². The quantitative estimate of drug-likeness (QED) is 0.719. The summed E-state index contributed by atoms with van der Waals surface area (Å²) in [6, 6.07) is 17.8. The van der Waals surface area contributed by atoms with Crippen LogP contribution in [0.1, 0.15) is 25.7 Å². The van der Waals surface area contributed by atoms with Crippen molar-refractivity contribution in [2.75, 3.05) is 5.32 Å². The van der Waals surface area contributed by atoms with E-state index >= 15 is 0 Å². The van der Waals surface area contributed by atoms with Gasteiger partial charge in [-0.25, -0.2) is 4.68 Å². The van der Waals surface area contributed by atoms with Crippen molar-refractivity contribution in [1.82, 2.24) is 14.8 Å². The summed E-state index contributed by atoms with van der Waals surface area (Å²) >= 11 is 0. The van der Waals surface area contributed by atoms with Crippen LogP contribution in [0, 0.1) is 11.8 Å². The minimum atomic E-state index is -0.267. The zero-order valence-electron chi connectivity index (χ0n) is 14.9. The first-order valence-electron chi connectivity index (χ1n) is 9.69. The first kappa shape index (κ1) is 15.1. The first-order chi connectivity index (χ1) is 13.2. The highest BCUT2D eigenvalue weighted by molar-refractivity contribution is 5.77. The van der Waals surface area contributed by atoms with Gasteiger partial charge in [-0.1, -0.05) is 42.5 Å². The Morgan fingerprint density at radius 3 is 2.63 bits per heavy atom. The van der Waals surface area contributed by atoms with Gasteiger partial charge in [-0.05, 0) is 43.7 Å². The molecule has 0 saturated heterocycles. The lowest BCUT2D eigenvalue weighted by Crippen LogP contribution is -2.51. The zero-order chi connectivity index (χ0) is 18.0. The Morgan fingerprint density at radius 1 is 1.04 bits per heavy atom. The van der Waals surface area contributed by atoms with Crippen LogP contribution in [0.3, 0.4) is 0 Å². The van der Waals surface area contributed by atoms with Gasteiger partial charge in [0, 0.05) is 22.7 Å². The molecular weight excluding hydrogens is 336 g/mol. The normalized spacial score (nSPS) is 27.3. The molecule has 2 saturated carbocycles. The minimum Gasteiger partial charge on any atom is -0.360 e. The molecule has 134 valence electrons. The summed E-state index contributed by atoms with van der Waals surface area (Å²) in [6.07, 6.45) is 4.77. The van der Waals surface area contributed by atoms with E-state index in [0.29, 0.717) is 17.4 Å². The fourth-order valence-electron chi connectivity index (χ4n) is 5.40. The van der Waals surface area contributed by atoms with Crippen molar-refractivity contribution >= 4 is 5.69 Å². The van der Waals surface area contributed by atoms with Crippen molar-refractivity contribution in [2.45, 2.75) is 31.3 Å². The predicted molar refractivity (Wildman–Crippen MR) is 104 cm³/mol. The lowest BCUT2D eigenvalue weighted by Gasteiger charge is -2.44.